The minimum atomic E-state index is 0.0126. The maximum absolute atomic E-state index is 12.5. The van der Waals surface area contributed by atoms with E-state index in [9.17, 15) is 4.79 Å². The molecule has 1 heterocycles. The standard InChI is InChI=1S/C20H23ClN2O3/c1-23(2)17(15-5-3-4-6-16(15)21)12-22-13-18(24)14-7-8-19-20(11-14)26-10-9-25-19/h3-8,11,17,22H,9-10,12-13H2,1-2H3. The van der Waals surface area contributed by atoms with Crippen LogP contribution in [0.5, 0.6) is 11.5 Å². The van der Waals surface area contributed by atoms with Gasteiger partial charge in [-0.15, -0.1) is 0 Å². The Bertz CT molecular complexity index is 779. The molecule has 26 heavy (non-hydrogen) atoms. The minimum Gasteiger partial charge on any atom is -0.486 e. The highest BCUT2D eigenvalue weighted by atomic mass is 35.5. The van der Waals surface area contributed by atoms with Crippen LogP contribution in [0.3, 0.4) is 0 Å². The number of likely N-dealkylation sites (N-methyl/N-ethyl adjacent to an activating group) is 1. The third-order valence-electron chi connectivity index (χ3n) is 4.37. The van der Waals surface area contributed by atoms with E-state index in [0.29, 0.717) is 36.8 Å². The quantitative estimate of drug-likeness (QED) is 0.754. The fraction of sp³-hybridized carbons (Fsp3) is 0.350. The smallest absolute Gasteiger partial charge is 0.176 e. The summed E-state index contributed by atoms with van der Waals surface area (Å²) in [4.78, 5) is 14.6. The molecule has 1 aliphatic heterocycles. The van der Waals surface area contributed by atoms with Gasteiger partial charge in [-0.25, -0.2) is 0 Å². The predicted molar refractivity (Wildman–Crippen MR) is 103 cm³/mol. The summed E-state index contributed by atoms with van der Waals surface area (Å²) in [5.41, 5.74) is 1.65. The maximum atomic E-state index is 12.5. The third-order valence-corrected chi connectivity index (χ3v) is 4.72. The van der Waals surface area contributed by atoms with E-state index in [1.807, 2.05) is 38.4 Å². The minimum absolute atomic E-state index is 0.0126. The topological polar surface area (TPSA) is 50.8 Å². The molecular weight excluding hydrogens is 352 g/mol. The van der Waals surface area contributed by atoms with Crippen LogP contribution in [0.2, 0.25) is 5.02 Å². The van der Waals surface area contributed by atoms with Gasteiger partial charge < -0.3 is 19.7 Å². The van der Waals surface area contributed by atoms with E-state index in [2.05, 4.69) is 10.2 Å². The van der Waals surface area contributed by atoms with Crippen molar-refractivity contribution in [3.8, 4) is 11.5 Å². The van der Waals surface area contributed by atoms with Crippen molar-refractivity contribution in [1.29, 1.82) is 0 Å². The number of benzene rings is 2. The Kier molecular flexibility index (Phi) is 6.14. The van der Waals surface area contributed by atoms with Crippen molar-refractivity contribution in [2.24, 2.45) is 0 Å². The van der Waals surface area contributed by atoms with Crippen molar-refractivity contribution >= 4 is 17.4 Å². The number of Topliss-reactive ketones (excluding diaryl/α,β-unsaturated/α-hetero) is 1. The normalized spacial score (nSPS) is 14.3. The summed E-state index contributed by atoms with van der Waals surface area (Å²) in [6, 6.07) is 13.2. The molecule has 0 spiro atoms. The molecule has 3 rings (SSSR count). The second-order valence-electron chi connectivity index (χ2n) is 6.41. The van der Waals surface area contributed by atoms with Crippen LogP contribution < -0.4 is 14.8 Å². The van der Waals surface area contributed by atoms with Gasteiger partial charge in [-0.3, -0.25) is 4.79 Å². The summed E-state index contributed by atoms with van der Waals surface area (Å²) in [6.07, 6.45) is 0. The maximum Gasteiger partial charge on any atom is 0.176 e. The van der Waals surface area contributed by atoms with Crippen LogP contribution in [-0.2, 0) is 0 Å². The van der Waals surface area contributed by atoms with Gasteiger partial charge in [0.05, 0.1) is 6.54 Å². The van der Waals surface area contributed by atoms with Crippen molar-refractivity contribution in [3.05, 3.63) is 58.6 Å². The summed E-state index contributed by atoms with van der Waals surface area (Å²) in [7, 11) is 4.00. The first-order valence-electron chi connectivity index (χ1n) is 8.60. The SMILES string of the molecule is CN(C)C(CNCC(=O)c1ccc2c(c1)OCCO2)c1ccccc1Cl. The van der Waals surface area contributed by atoms with Gasteiger partial charge >= 0.3 is 0 Å². The first-order valence-corrected chi connectivity index (χ1v) is 8.98. The Hall–Kier alpha value is -2.08. The monoisotopic (exact) mass is 374 g/mol. The Labute approximate surface area is 158 Å². The lowest BCUT2D eigenvalue weighted by molar-refractivity contribution is 0.0987. The van der Waals surface area contributed by atoms with Crippen LogP contribution in [-0.4, -0.2) is 51.1 Å². The lowest BCUT2D eigenvalue weighted by Gasteiger charge is -2.26. The van der Waals surface area contributed by atoms with Gasteiger partial charge in [0.1, 0.15) is 13.2 Å². The van der Waals surface area contributed by atoms with Crippen LogP contribution in [0.25, 0.3) is 0 Å². The van der Waals surface area contributed by atoms with Gasteiger partial charge in [0.25, 0.3) is 0 Å². The molecule has 0 saturated heterocycles. The van der Waals surface area contributed by atoms with Crippen molar-refractivity contribution < 1.29 is 14.3 Å². The number of hydrogen-bond acceptors (Lipinski definition) is 5. The van der Waals surface area contributed by atoms with E-state index < -0.39 is 0 Å². The lowest BCUT2D eigenvalue weighted by atomic mass is 10.1. The summed E-state index contributed by atoms with van der Waals surface area (Å²) in [5, 5.41) is 3.98. The summed E-state index contributed by atoms with van der Waals surface area (Å²) < 4.78 is 11.0. The van der Waals surface area contributed by atoms with Gasteiger partial charge in [0.15, 0.2) is 17.3 Å². The van der Waals surface area contributed by atoms with E-state index in [4.69, 9.17) is 21.1 Å². The highest BCUT2D eigenvalue weighted by molar-refractivity contribution is 6.31. The summed E-state index contributed by atoms with van der Waals surface area (Å²) >= 11 is 6.32. The molecular formula is C20H23ClN2O3. The molecule has 0 aliphatic carbocycles. The molecule has 0 radical (unpaired) electrons. The molecule has 1 unspecified atom stereocenters. The highest BCUT2D eigenvalue weighted by Crippen LogP contribution is 2.31. The van der Waals surface area contributed by atoms with Crippen molar-refractivity contribution in [1.82, 2.24) is 10.2 Å². The number of nitrogens with one attached hydrogen (secondary N) is 1. The molecule has 1 aliphatic rings. The first kappa shape index (κ1) is 18.7. The van der Waals surface area contributed by atoms with Crippen LogP contribution in [0.4, 0.5) is 0 Å². The van der Waals surface area contributed by atoms with Crippen molar-refractivity contribution in [3.63, 3.8) is 0 Å². The average molecular weight is 375 g/mol. The van der Waals surface area contributed by atoms with E-state index in [1.54, 1.807) is 18.2 Å². The Morgan fingerprint density at radius 3 is 2.62 bits per heavy atom. The van der Waals surface area contributed by atoms with Gasteiger partial charge in [-0.1, -0.05) is 29.8 Å². The van der Waals surface area contributed by atoms with Crippen LogP contribution >= 0.6 is 11.6 Å². The molecule has 1 atom stereocenters. The zero-order valence-electron chi connectivity index (χ0n) is 15.0. The van der Waals surface area contributed by atoms with Crippen LogP contribution in [0, 0.1) is 0 Å². The van der Waals surface area contributed by atoms with Crippen molar-refractivity contribution in [2.45, 2.75) is 6.04 Å². The second-order valence-corrected chi connectivity index (χ2v) is 6.82. The fourth-order valence-corrected chi connectivity index (χ4v) is 3.22. The summed E-state index contributed by atoms with van der Waals surface area (Å²) in [6.45, 7) is 1.91. The third kappa shape index (κ3) is 4.36. The zero-order chi connectivity index (χ0) is 18.5. The highest BCUT2D eigenvalue weighted by Gasteiger charge is 2.18. The average Bonchev–Trinajstić information content (AvgIpc) is 2.65. The first-order chi connectivity index (χ1) is 12.6. The molecule has 2 aromatic carbocycles. The van der Waals surface area contributed by atoms with Crippen LogP contribution in [0.1, 0.15) is 22.0 Å². The van der Waals surface area contributed by atoms with Gasteiger partial charge in [-0.2, -0.15) is 0 Å². The number of fused-ring (bicyclic) bond motifs is 1. The Morgan fingerprint density at radius 1 is 1.15 bits per heavy atom. The fourth-order valence-electron chi connectivity index (χ4n) is 2.96. The van der Waals surface area contributed by atoms with E-state index in [-0.39, 0.29) is 18.4 Å². The number of halogens is 1. The zero-order valence-corrected chi connectivity index (χ0v) is 15.8. The Morgan fingerprint density at radius 2 is 1.88 bits per heavy atom. The van der Waals surface area contributed by atoms with Gasteiger partial charge in [-0.05, 0) is 43.9 Å². The number of nitrogens with zero attached hydrogens (tertiary/aromatic N) is 1. The molecule has 2 aromatic rings. The number of carbonyl (C=O) groups excluding carboxylic acids is 1. The van der Waals surface area contributed by atoms with E-state index in [1.165, 1.54) is 0 Å². The second kappa shape index (κ2) is 8.54. The molecule has 138 valence electrons. The van der Waals surface area contributed by atoms with E-state index in [0.717, 1.165) is 10.6 Å². The number of ether oxygens (including phenoxy) is 2. The molecule has 0 amide bonds. The van der Waals surface area contributed by atoms with Crippen LogP contribution in [0.15, 0.2) is 42.5 Å². The molecule has 0 saturated carbocycles. The number of ketones is 1. The number of rotatable bonds is 7. The summed E-state index contributed by atoms with van der Waals surface area (Å²) in [5.74, 6) is 1.33. The van der Waals surface area contributed by atoms with Crippen molar-refractivity contribution in [2.75, 3.05) is 40.4 Å². The Balaban J connectivity index is 1.61. The molecule has 5 nitrogen and oxygen atoms in total. The molecule has 0 bridgehead atoms. The predicted octanol–water partition coefficient (Wildman–Crippen LogP) is 3.19. The molecule has 1 N–H and O–H groups in total. The van der Waals surface area contributed by atoms with E-state index >= 15 is 0 Å². The van der Waals surface area contributed by atoms with Gasteiger partial charge in [0, 0.05) is 23.2 Å². The van der Waals surface area contributed by atoms with Gasteiger partial charge in [0.2, 0.25) is 0 Å². The number of hydrogen-bond donors (Lipinski definition) is 1. The lowest BCUT2D eigenvalue weighted by Crippen LogP contribution is -2.34. The molecule has 6 heteroatoms. The molecule has 0 fully saturated rings. The molecule has 0 aromatic heterocycles. The largest absolute Gasteiger partial charge is 0.486 e. The number of carbonyl (C=O) groups is 1.